The third-order valence-corrected chi connectivity index (χ3v) is 4.56. The van der Waals surface area contributed by atoms with Crippen molar-refractivity contribution in [2.45, 2.75) is 44.3 Å². The molecule has 0 radical (unpaired) electrons. The zero-order valence-electron chi connectivity index (χ0n) is 15.2. The van der Waals surface area contributed by atoms with Crippen molar-refractivity contribution in [3.05, 3.63) is 59.7 Å². The summed E-state index contributed by atoms with van der Waals surface area (Å²) in [5.41, 5.74) is 7.12. The van der Waals surface area contributed by atoms with Gasteiger partial charge in [-0.05, 0) is 29.8 Å². The molecular formula is C19H24N6O. The fourth-order valence-corrected chi connectivity index (χ4v) is 2.97. The average molecular weight is 352 g/mol. The molecule has 0 saturated carbocycles. The maximum atomic E-state index is 12.6. The number of aromatic nitrogens is 3. The maximum Gasteiger partial charge on any atom is 0.237 e. The van der Waals surface area contributed by atoms with Crippen molar-refractivity contribution in [3.8, 4) is 0 Å². The lowest BCUT2D eigenvalue weighted by Gasteiger charge is -2.34. The normalized spacial score (nSPS) is 22.5. The van der Waals surface area contributed by atoms with Crippen LogP contribution < -0.4 is 11.1 Å². The predicted molar refractivity (Wildman–Crippen MR) is 101 cm³/mol. The molecule has 0 aliphatic carbocycles. The third-order valence-electron chi connectivity index (χ3n) is 4.56. The number of carbonyl (C=O) groups is 1. The lowest BCUT2D eigenvalue weighted by Crippen LogP contribution is -2.55. The van der Waals surface area contributed by atoms with Crippen LogP contribution >= 0.6 is 0 Å². The van der Waals surface area contributed by atoms with Gasteiger partial charge >= 0.3 is 0 Å². The zero-order valence-corrected chi connectivity index (χ0v) is 15.2. The number of nitrogens with one attached hydrogen (secondary N) is 2. The van der Waals surface area contributed by atoms with Gasteiger partial charge in [-0.25, -0.2) is 0 Å². The molecule has 2 atom stereocenters. The summed E-state index contributed by atoms with van der Waals surface area (Å²) in [6.07, 6.45) is 8.12. The summed E-state index contributed by atoms with van der Waals surface area (Å²) in [6.45, 7) is 6.74. The van der Waals surface area contributed by atoms with Crippen molar-refractivity contribution < 1.29 is 4.79 Å². The molecule has 3 rings (SSSR count). The van der Waals surface area contributed by atoms with E-state index in [1.165, 1.54) is 0 Å². The molecule has 2 aromatic heterocycles. The van der Waals surface area contributed by atoms with E-state index in [1.54, 1.807) is 30.8 Å². The SMILES string of the molecule is CC(C)(C)c1cc(C2(C(N)=O)C=CC=NC2NCc2ccncc2)[nH]n1. The number of aliphatic imine (C=N–C) groups is 1. The van der Waals surface area contributed by atoms with Crippen LogP contribution in [-0.2, 0) is 22.2 Å². The van der Waals surface area contributed by atoms with Crippen molar-refractivity contribution in [2.24, 2.45) is 10.7 Å². The first-order chi connectivity index (χ1) is 12.3. The van der Waals surface area contributed by atoms with Crippen LogP contribution in [0.3, 0.4) is 0 Å². The Labute approximate surface area is 152 Å². The monoisotopic (exact) mass is 352 g/mol. The van der Waals surface area contributed by atoms with Gasteiger partial charge in [-0.1, -0.05) is 26.8 Å². The van der Waals surface area contributed by atoms with Crippen LogP contribution in [0.4, 0.5) is 0 Å². The highest BCUT2D eigenvalue weighted by molar-refractivity contribution is 5.92. The van der Waals surface area contributed by atoms with E-state index < -0.39 is 17.5 Å². The van der Waals surface area contributed by atoms with Gasteiger partial charge in [0, 0.05) is 30.6 Å². The van der Waals surface area contributed by atoms with Crippen molar-refractivity contribution in [3.63, 3.8) is 0 Å². The number of aromatic amines is 1. The number of hydrogen-bond acceptors (Lipinski definition) is 5. The molecule has 0 bridgehead atoms. The molecule has 26 heavy (non-hydrogen) atoms. The van der Waals surface area contributed by atoms with Crippen LogP contribution in [0.1, 0.15) is 37.7 Å². The smallest absolute Gasteiger partial charge is 0.237 e. The number of hydrogen-bond donors (Lipinski definition) is 3. The molecule has 4 N–H and O–H groups in total. The summed E-state index contributed by atoms with van der Waals surface area (Å²) in [5.74, 6) is -0.484. The van der Waals surface area contributed by atoms with E-state index in [2.05, 4.69) is 46.3 Å². The number of dihydropyridines is 1. The number of primary amides is 1. The van der Waals surface area contributed by atoms with Gasteiger partial charge in [-0.2, -0.15) is 5.10 Å². The number of nitrogens with zero attached hydrogens (tertiary/aromatic N) is 3. The molecule has 0 fully saturated rings. The lowest BCUT2D eigenvalue weighted by atomic mass is 9.78. The average Bonchev–Trinajstić information content (AvgIpc) is 3.11. The fraction of sp³-hybridized carbons (Fsp3) is 0.368. The first-order valence-electron chi connectivity index (χ1n) is 8.53. The minimum atomic E-state index is -1.13. The highest BCUT2D eigenvalue weighted by Crippen LogP contribution is 2.33. The molecule has 2 aromatic rings. The summed E-state index contributed by atoms with van der Waals surface area (Å²) >= 11 is 0. The van der Waals surface area contributed by atoms with E-state index in [0.29, 0.717) is 12.2 Å². The van der Waals surface area contributed by atoms with Crippen molar-refractivity contribution in [1.29, 1.82) is 0 Å². The number of carbonyl (C=O) groups excluding carboxylic acids is 1. The van der Waals surface area contributed by atoms with Gasteiger partial charge in [-0.15, -0.1) is 0 Å². The number of pyridine rings is 1. The Bertz CT molecular complexity index is 833. The Morgan fingerprint density at radius 2 is 2.08 bits per heavy atom. The summed E-state index contributed by atoms with van der Waals surface area (Å²) in [7, 11) is 0. The standard InChI is InChI=1S/C19H24N6O/c1-18(2,3)14-11-15(25-24-14)19(16(20)26)7-4-8-22-17(19)23-12-13-5-9-21-10-6-13/h4-11,17,23H,12H2,1-3H3,(H2,20,26)(H,24,25). The molecule has 136 valence electrons. The second-order valence-electron chi connectivity index (χ2n) is 7.45. The molecule has 7 heteroatoms. The van der Waals surface area contributed by atoms with Crippen molar-refractivity contribution >= 4 is 12.1 Å². The summed E-state index contributed by atoms with van der Waals surface area (Å²) in [6, 6.07) is 5.72. The van der Waals surface area contributed by atoms with Crippen LogP contribution in [0, 0.1) is 0 Å². The highest BCUT2D eigenvalue weighted by Gasteiger charge is 2.46. The first-order valence-corrected chi connectivity index (χ1v) is 8.53. The van der Waals surface area contributed by atoms with Crippen LogP contribution in [0.2, 0.25) is 0 Å². The van der Waals surface area contributed by atoms with E-state index in [4.69, 9.17) is 5.73 Å². The molecule has 2 unspecified atom stereocenters. The highest BCUT2D eigenvalue weighted by atomic mass is 16.1. The Morgan fingerprint density at radius 1 is 1.35 bits per heavy atom. The number of amides is 1. The minimum absolute atomic E-state index is 0.144. The zero-order chi connectivity index (χ0) is 18.8. The summed E-state index contributed by atoms with van der Waals surface area (Å²) in [4.78, 5) is 21.1. The van der Waals surface area contributed by atoms with Gasteiger partial charge in [0.05, 0.1) is 11.4 Å². The molecule has 1 aliphatic rings. The quantitative estimate of drug-likeness (QED) is 0.759. The van der Waals surface area contributed by atoms with Crippen LogP contribution in [0.5, 0.6) is 0 Å². The third kappa shape index (κ3) is 3.30. The summed E-state index contributed by atoms with van der Waals surface area (Å²) < 4.78 is 0. The topological polar surface area (TPSA) is 109 Å². The second-order valence-corrected chi connectivity index (χ2v) is 7.45. The van der Waals surface area contributed by atoms with Crippen LogP contribution in [-0.4, -0.2) is 33.5 Å². The fourth-order valence-electron chi connectivity index (χ4n) is 2.97. The van der Waals surface area contributed by atoms with Gasteiger partial charge in [-0.3, -0.25) is 25.2 Å². The van der Waals surface area contributed by atoms with Crippen LogP contribution in [0.25, 0.3) is 0 Å². The maximum absolute atomic E-state index is 12.6. The first kappa shape index (κ1) is 18.0. The molecule has 3 heterocycles. The Hall–Kier alpha value is -2.80. The van der Waals surface area contributed by atoms with Gasteiger partial charge in [0.1, 0.15) is 11.6 Å². The van der Waals surface area contributed by atoms with Gasteiger partial charge in [0.25, 0.3) is 0 Å². The van der Waals surface area contributed by atoms with Gasteiger partial charge in [0.15, 0.2) is 0 Å². The van der Waals surface area contributed by atoms with Crippen LogP contribution in [0.15, 0.2) is 47.7 Å². The Morgan fingerprint density at radius 3 is 2.69 bits per heavy atom. The van der Waals surface area contributed by atoms with E-state index in [-0.39, 0.29) is 5.41 Å². The van der Waals surface area contributed by atoms with E-state index in [9.17, 15) is 4.79 Å². The van der Waals surface area contributed by atoms with Gasteiger partial charge in [0.2, 0.25) is 5.91 Å². The molecule has 0 aromatic carbocycles. The molecule has 1 amide bonds. The molecule has 1 aliphatic heterocycles. The van der Waals surface area contributed by atoms with E-state index in [1.807, 2.05) is 18.2 Å². The van der Waals surface area contributed by atoms with E-state index in [0.717, 1.165) is 11.3 Å². The molecule has 0 spiro atoms. The van der Waals surface area contributed by atoms with E-state index >= 15 is 0 Å². The number of allylic oxidation sites excluding steroid dienone is 1. The minimum Gasteiger partial charge on any atom is -0.368 e. The predicted octanol–water partition coefficient (Wildman–Crippen LogP) is 1.58. The van der Waals surface area contributed by atoms with Crippen molar-refractivity contribution in [2.75, 3.05) is 0 Å². The molecular weight excluding hydrogens is 328 g/mol. The number of nitrogens with two attached hydrogens (primary N) is 1. The molecule has 7 nitrogen and oxygen atoms in total. The largest absolute Gasteiger partial charge is 0.368 e. The Kier molecular flexibility index (Phi) is 4.73. The summed E-state index contributed by atoms with van der Waals surface area (Å²) in [5, 5.41) is 10.7. The van der Waals surface area contributed by atoms with Gasteiger partial charge < -0.3 is 5.73 Å². The number of rotatable bonds is 5. The lowest BCUT2D eigenvalue weighted by molar-refractivity contribution is -0.123. The second kappa shape index (κ2) is 6.84. The Balaban J connectivity index is 1.94. The number of H-pyrrole nitrogens is 1. The molecule has 0 saturated heterocycles. The van der Waals surface area contributed by atoms with Crippen molar-refractivity contribution in [1.82, 2.24) is 20.5 Å².